The summed E-state index contributed by atoms with van der Waals surface area (Å²) in [5.41, 5.74) is 1.62. The lowest BCUT2D eigenvalue weighted by Crippen LogP contribution is -2.25. The van der Waals surface area contributed by atoms with Gasteiger partial charge in [0.25, 0.3) is 5.91 Å². The van der Waals surface area contributed by atoms with Crippen LogP contribution in [0.25, 0.3) is 0 Å². The van der Waals surface area contributed by atoms with Crippen LogP contribution >= 0.6 is 0 Å². The summed E-state index contributed by atoms with van der Waals surface area (Å²) in [6.07, 6.45) is 1.66. The molecule has 2 aromatic carbocycles. The molecule has 25 heavy (non-hydrogen) atoms. The number of methoxy groups -OCH3 is 2. The molecular formula is C20H25NO4. The predicted octanol–water partition coefficient (Wildman–Crippen LogP) is 3.47. The highest BCUT2D eigenvalue weighted by molar-refractivity contribution is 5.97. The standard InChI is InChI=1S/C20H25NO4/c1-4-25-17-12-6-5-9-15(17)10-8-14-21-20(22)16-11-7-13-18(23-2)19(16)24-3/h5-7,9,11-13H,4,8,10,14H2,1-3H3,(H,21,22). The van der Waals surface area contributed by atoms with E-state index in [9.17, 15) is 4.79 Å². The van der Waals surface area contributed by atoms with Crippen molar-refractivity contribution in [3.05, 3.63) is 53.6 Å². The SMILES string of the molecule is CCOc1ccccc1CCCNC(=O)c1cccc(OC)c1OC. The molecular weight excluding hydrogens is 318 g/mol. The van der Waals surface area contributed by atoms with Crippen molar-refractivity contribution >= 4 is 5.91 Å². The van der Waals surface area contributed by atoms with Crippen LogP contribution in [0.2, 0.25) is 0 Å². The van der Waals surface area contributed by atoms with Crippen molar-refractivity contribution in [2.75, 3.05) is 27.4 Å². The molecule has 0 saturated carbocycles. The highest BCUT2D eigenvalue weighted by Gasteiger charge is 2.15. The molecule has 0 aliphatic heterocycles. The Hall–Kier alpha value is -2.69. The number of rotatable bonds is 9. The number of amides is 1. The van der Waals surface area contributed by atoms with Crippen LogP contribution in [0.1, 0.15) is 29.3 Å². The first-order valence-electron chi connectivity index (χ1n) is 8.41. The second-order valence-electron chi connectivity index (χ2n) is 5.44. The molecule has 0 radical (unpaired) electrons. The van der Waals surface area contributed by atoms with Crippen LogP contribution in [0.4, 0.5) is 0 Å². The molecule has 0 aliphatic rings. The maximum atomic E-state index is 12.4. The lowest BCUT2D eigenvalue weighted by Gasteiger charge is -2.13. The van der Waals surface area contributed by atoms with E-state index in [0.29, 0.717) is 30.2 Å². The molecule has 0 bridgehead atoms. The molecule has 0 aromatic heterocycles. The number of carbonyl (C=O) groups excluding carboxylic acids is 1. The van der Waals surface area contributed by atoms with E-state index < -0.39 is 0 Å². The van der Waals surface area contributed by atoms with E-state index in [2.05, 4.69) is 11.4 Å². The maximum Gasteiger partial charge on any atom is 0.255 e. The lowest BCUT2D eigenvalue weighted by atomic mass is 10.1. The van der Waals surface area contributed by atoms with Crippen molar-refractivity contribution < 1.29 is 19.0 Å². The third-order valence-corrected chi connectivity index (χ3v) is 3.83. The fraction of sp³-hybridized carbons (Fsp3) is 0.350. The number of nitrogens with one attached hydrogen (secondary N) is 1. The minimum atomic E-state index is -0.172. The fourth-order valence-corrected chi connectivity index (χ4v) is 2.65. The zero-order valence-corrected chi connectivity index (χ0v) is 15.0. The summed E-state index contributed by atoms with van der Waals surface area (Å²) >= 11 is 0. The fourth-order valence-electron chi connectivity index (χ4n) is 2.65. The summed E-state index contributed by atoms with van der Waals surface area (Å²) in [7, 11) is 3.08. The third-order valence-electron chi connectivity index (χ3n) is 3.83. The number of aryl methyl sites for hydroxylation is 1. The number of carbonyl (C=O) groups is 1. The van der Waals surface area contributed by atoms with E-state index in [1.54, 1.807) is 25.3 Å². The number of ether oxygens (including phenoxy) is 3. The molecule has 0 aliphatic carbocycles. The van der Waals surface area contributed by atoms with Gasteiger partial charge in [0.15, 0.2) is 11.5 Å². The van der Waals surface area contributed by atoms with Gasteiger partial charge in [0, 0.05) is 6.54 Å². The Morgan fingerprint density at radius 1 is 1.00 bits per heavy atom. The summed E-state index contributed by atoms with van der Waals surface area (Å²) in [6.45, 7) is 3.18. The van der Waals surface area contributed by atoms with Gasteiger partial charge in [0.05, 0.1) is 26.4 Å². The van der Waals surface area contributed by atoms with Gasteiger partial charge in [-0.1, -0.05) is 24.3 Å². The van der Waals surface area contributed by atoms with Crippen LogP contribution in [0.3, 0.4) is 0 Å². The quantitative estimate of drug-likeness (QED) is 0.709. The molecule has 0 spiro atoms. The molecule has 0 unspecified atom stereocenters. The minimum absolute atomic E-state index is 0.172. The molecule has 2 aromatic rings. The molecule has 1 amide bonds. The maximum absolute atomic E-state index is 12.4. The van der Waals surface area contributed by atoms with E-state index in [-0.39, 0.29) is 5.91 Å². The first-order chi connectivity index (χ1) is 12.2. The van der Waals surface area contributed by atoms with E-state index >= 15 is 0 Å². The molecule has 134 valence electrons. The topological polar surface area (TPSA) is 56.8 Å². The van der Waals surface area contributed by atoms with Crippen LogP contribution in [-0.4, -0.2) is 33.3 Å². The van der Waals surface area contributed by atoms with Gasteiger partial charge in [-0.05, 0) is 43.5 Å². The minimum Gasteiger partial charge on any atom is -0.494 e. The van der Waals surface area contributed by atoms with Crippen LogP contribution in [0, 0.1) is 0 Å². The van der Waals surface area contributed by atoms with Crippen molar-refractivity contribution in [1.82, 2.24) is 5.32 Å². The second-order valence-corrected chi connectivity index (χ2v) is 5.44. The first kappa shape index (κ1) is 18.6. The summed E-state index contributed by atoms with van der Waals surface area (Å²) in [5, 5.41) is 2.93. The Bertz CT molecular complexity index is 700. The molecule has 1 N–H and O–H groups in total. The van der Waals surface area contributed by atoms with Gasteiger partial charge >= 0.3 is 0 Å². The molecule has 0 saturated heterocycles. The summed E-state index contributed by atoms with van der Waals surface area (Å²) < 4.78 is 16.2. The van der Waals surface area contributed by atoms with Crippen LogP contribution in [0.15, 0.2) is 42.5 Å². The van der Waals surface area contributed by atoms with Gasteiger partial charge < -0.3 is 19.5 Å². The molecule has 0 fully saturated rings. The van der Waals surface area contributed by atoms with Gasteiger partial charge in [0.1, 0.15) is 5.75 Å². The first-order valence-corrected chi connectivity index (χ1v) is 8.41. The zero-order valence-electron chi connectivity index (χ0n) is 15.0. The summed E-state index contributed by atoms with van der Waals surface area (Å²) in [5.74, 6) is 1.73. The molecule has 5 nitrogen and oxygen atoms in total. The summed E-state index contributed by atoms with van der Waals surface area (Å²) in [6, 6.07) is 13.2. The van der Waals surface area contributed by atoms with Crippen LogP contribution in [-0.2, 0) is 6.42 Å². The van der Waals surface area contributed by atoms with Crippen LogP contribution in [0.5, 0.6) is 17.2 Å². The number of benzene rings is 2. The van der Waals surface area contributed by atoms with Gasteiger partial charge in [-0.15, -0.1) is 0 Å². The van der Waals surface area contributed by atoms with Crippen molar-refractivity contribution in [1.29, 1.82) is 0 Å². The Morgan fingerprint density at radius 2 is 1.76 bits per heavy atom. The number of hydrogen-bond donors (Lipinski definition) is 1. The largest absolute Gasteiger partial charge is 0.494 e. The Balaban J connectivity index is 1.91. The molecule has 0 atom stereocenters. The predicted molar refractivity (Wildman–Crippen MR) is 97.8 cm³/mol. The smallest absolute Gasteiger partial charge is 0.255 e. The van der Waals surface area contributed by atoms with E-state index in [1.807, 2.05) is 25.1 Å². The van der Waals surface area contributed by atoms with Crippen molar-refractivity contribution in [2.24, 2.45) is 0 Å². The zero-order chi connectivity index (χ0) is 18.1. The monoisotopic (exact) mass is 343 g/mol. The van der Waals surface area contributed by atoms with E-state index in [0.717, 1.165) is 24.2 Å². The number of para-hydroxylation sites is 2. The highest BCUT2D eigenvalue weighted by atomic mass is 16.5. The van der Waals surface area contributed by atoms with Crippen molar-refractivity contribution in [2.45, 2.75) is 19.8 Å². The summed E-state index contributed by atoms with van der Waals surface area (Å²) in [4.78, 5) is 12.4. The number of hydrogen-bond acceptors (Lipinski definition) is 4. The normalized spacial score (nSPS) is 10.2. The van der Waals surface area contributed by atoms with Crippen molar-refractivity contribution in [3.63, 3.8) is 0 Å². The average Bonchev–Trinajstić information content (AvgIpc) is 2.65. The lowest BCUT2D eigenvalue weighted by molar-refractivity contribution is 0.0949. The average molecular weight is 343 g/mol. The van der Waals surface area contributed by atoms with Crippen LogP contribution < -0.4 is 19.5 Å². The van der Waals surface area contributed by atoms with E-state index in [4.69, 9.17) is 14.2 Å². The molecule has 2 rings (SSSR count). The van der Waals surface area contributed by atoms with E-state index in [1.165, 1.54) is 7.11 Å². The van der Waals surface area contributed by atoms with Gasteiger partial charge in [0.2, 0.25) is 0 Å². The van der Waals surface area contributed by atoms with Gasteiger partial charge in [-0.25, -0.2) is 0 Å². The second kappa shape index (κ2) is 9.57. The van der Waals surface area contributed by atoms with Crippen molar-refractivity contribution in [3.8, 4) is 17.2 Å². The Morgan fingerprint density at radius 3 is 2.48 bits per heavy atom. The highest BCUT2D eigenvalue weighted by Crippen LogP contribution is 2.30. The molecule has 0 heterocycles. The van der Waals surface area contributed by atoms with Gasteiger partial charge in [-0.2, -0.15) is 0 Å². The Labute approximate surface area is 148 Å². The Kier molecular flexibility index (Phi) is 7.14. The van der Waals surface area contributed by atoms with Gasteiger partial charge in [-0.3, -0.25) is 4.79 Å². The molecule has 5 heteroatoms. The third kappa shape index (κ3) is 4.89.